The number of piperidine rings is 1. The summed E-state index contributed by atoms with van der Waals surface area (Å²) in [6.07, 6.45) is 6.09. The minimum Gasteiger partial charge on any atom is -0.343 e. The zero-order valence-electron chi connectivity index (χ0n) is 18.7. The highest BCUT2D eigenvalue weighted by molar-refractivity contribution is 5.95. The van der Waals surface area contributed by atoms with Crippen molar-refractivity contribution in [3.63, 3.8) is 0 Å². The van der Waals surface area contributed by atoms with Crippen molar-refractivity contribution in [2.45, 2.75) is 25.7 Å². The molecule has 0 spiro atoms. The van der Waals surface area contributed by atoms with E-state index in [0.717, 1.165) is 37.8 Å². The zero-order chi connectivity index (χ0) is 23.7. The number of fused-ring (bicyclic) bond motifs is 1. The first-order valence-electron chi connectivity index (χ1n) is 11.2. The fourth-order valence-corrected chi connectivity index (χ4v) is 4.53. The Labute approximate surface area is 195 Å². The highest BCUT2D eigenvalue weighted by Crippen LogP contribution is 2.31. The van der Waals surface area contributed by atoms with Gasteiger partial charge in [0.25, 0.3) is 5.56 Å². The second kappa shape index (κ2) is 9.05. The molecule has 1 aliphatic heterocycles. The fraction of sp³-hybridized carbons (Fsp3) is 0.231. The predicted octanol–water partition coefficient (Wildman–Crippen LogP) is 4.59. The molecule has 1 fully saturated rings. The largest absolute Gasteiger partial charge is 0.343 e. The molecule has 1 aromatic carbocycles. The number of nitrogens with one attached hydrogen (secondary N) is 2. The maximum atomic E-state index is 14.4. The molecule has 2 N–H and O–H groups in total. The topological polar surface area (TPSA) is 91.0 Å². The van der Waals surface area contributed by atoms with Crippen LogP contribution in [0.4, 0.5) is 15.9 Å². The zero-order valence-corrected chi connectivity index (χ0v) is 18.7. The Morgan fingerprint density at radius 1 is 1.15 bits per heavy atom. The SMILES string of the molecule is CC(=O)N1CCC(c2ccc(Nc3nc(-c4ccncc4F)cc4cc[nH]c(=O)c34)cc2)CC1. The van der Waals surface area contributed by atoms with Gasteiger partial charge in [-0.1, -0.05) is 12.1 Å². The van der Waals surface area contributed by atoms with Gasteiger partial charge >= 0.3 is 0 Å². The Kier molecular flexibility index (Phi) is 5.79. The number of rotatable bonds is 4. The van der Waals surface area contributed by atoms with Gasteiger partial charge < -0.3 is 15.2 Å². The molecule has 4 aromatic rings. The minimum atomic E-state index is -0.481. The summed E-state index contributed by atoms with van der Waals surface area (Å²) in [4.78, 5) is 37.1. The molecule has 0 aliphatic carbocycles. The number of anilines is 2. The van der Waals surface area contributed by atoms with Crippen LogP contribution in [0, 0.1) is 5.82 Å². The molecule has 0 radical (unpaired) electrons. The number of nitrogens with zero attached hydrogens (tertiary/aromatic N) is 3. The van der Waals surface area contributed by atoms with Gasteiger partial charge in [-0.3, -0.25) is 14.6 Å². The number of likely N-dealkylation sites (tertiary alicyclic amines) is 1. The molecule has 5 rings (SSSR count). The molecule has 0 atom stereocenters. The van der Waals surface area contributed by atoms with Crippen molar-refractivity contribution in [1.82, 2.24) is 19.9 Å². The van der Waals surface area contributed by atoms with Crippen molar-refractivity contribution in [3.8, 4) is 11.3 Å². The summed E-state index contributed by atoms with van der Waals surface area (Å²) < 4.78 is 14.4. The maximum Gasteiger partial charge on any atom is 0.259 e. The Bertz CT molecular complexity index is 1410. The van der Waals surface area contributed by atoms with E-state index in [4.69, 9.17) is 0 Å². The van der Waals surface area contributed by atoms with Gasteiger partial charge in [-0.2, -0.15) is 0 Å². The Morgan fingerprint density at radius 2 is 1.91 bits per heavy atom. The Balaban J connectivity index is 1.45. The highest BCUT2D eigenvalue weighted by Gasteiger charge is 2.22. The lowest BCUT2D eigenvalue weighted by molar-refractivity contribution is -0.129. The molecular formula is C26H24FN5O2. The van der Waals surface area contributed by atoms with E-state index in [1.807, 2.05) is 17.0 Å². The van der Waals surface area contributed by atoms with Crippen molar-refractivity contribution in [2.75, 3.05) is 18.4 Å². The molecule has 172 valence electrons. The number of hydrogen-bond acceptors (Lipinski definition) is 5. The van der Waals surface area contributed by atoms with Crippen LogP contribution in [0.5, 0.6) is 0 Å². The van der Waals surface area contributed by atoms with Crippen LogP contribution in [0.15, 0.2) is 65.8 Å². The first kappa shape index (κ1) is 21.8. The quantitative estimate of drug-likeness (QED) is 0.468. The summed E-state index contributed by atoms with van der Waals surface area (Å²) >= 11 is 0. The minimum absolute atomic E-state index is 0.126. The number of H-pyrrole nitrogens is 1. The van der Waals surface area contributed by atoms with Gasteiger partial charge in [0.15, 0.2) is 5.82 Å². The van der Waals surface area contributed by atoms with Crippen molar-refractivity contribution in [1.29, 1.82) is 0 Å². The third-order valence-electron chi connectivity index (χ3n) is 6.39. The Morgan fingerprint density at radius 3 is 2.62 bits per heavy atom. The summed E-state index contributed by atoms with van der Waals surface area (Å²) in [5, 5.41) is 4.31. The predicted molar refractivity (Wildman–Crippen MR) is 130 cm³/mol. The van der Waals surface area contributed by atoms with Gasteiger partial charge in [0.05, 0.1) is 17.3 Å². The summed E-state index contributed by atoms with van der Waals surface area (Å²) in [7, 11) is 0. The van der Waals surface area contributed by atoms with E-state index < -0.39 is 5.82 Å². The fourth-order valence-electron chi connectivity index (χ4n) is 4.53. The van der Waals surface area contributed by atoms with Crippen molar-refractivity contribution in [3.05, 3.63) is 82.8 Å². The lowest BCUT2D eigenvalue weighted by atomic mass is 9.89. The average molecular weight is 458 g/mol. The summed E-state index contributed by atoms with van der Waals surface area (Å²) in [6.45, 7) is 3.16. The number of pyridine rings is 3. The molecule has 1 saturated heterocycles. The molecule has 0 unspecified atom stereocenters. The molecule has 8 heteroatoms. The smallest absolute Gasteiger partial charge is 0.259 e. The molecule has 0 bridgehead atoms. The van der Waals surface area contributed by atoms with Gasteiger partial charge in [0.1, 0.15) is 5.82 Å². The first-order chi connectivity index (χ1) is 16.5. The first-order valence-corrected chi connectivity index (χ1v) is 11.2. The molecule has 34 heavy (non-hydrogen) atoms. The van der Waals surface area contributed by atoms with Crippen LogP contribution in [0.25, 0.3) is 22.0 Å². The number of hydrogen-bond donors (Lipinski definition) is 2. The third-order valence-corrected chi connectivity index (χ3v) is 6.39. The van der Waals surface area contributed by atoms with Crippen molar-refractivity contribution in [2.24, 2.45) is 0 Å². The second-order valence-corrected chi connectivity index (χ2v) is 8.51. The van der Waals surface area contributed by atoms with Gasteiger partial charge in [0.2, 0.25) is 5.91 Å². The number of aromatic amines is 1. The van der Waals surface area contributed by atoms with Gasteiger partial charge in [-0.05, 0) is 60.0 Å². The molecule has 1 amide bonds. The van der Waals surface area contributed by atoms with E-state index in [1.165, 1.54) is 11.8 Å². The Hall–Kier alpha value is -4.07. The van der Waals surface area contributed by atoms with Gasteiger partial charge in [-0.15, -0.1) is 0 Å². The number of halogens is 1. The maximum absolute atomic E-state index is 14.4. The summed E-state index contributed by atoms with van der Waals surface area (Å²) in [6, 6.07) is 13.1. The van der Waals surface area contributed by atoms with Gasteiger partial charge in [0, 0.05) is 43.7 Å². The number of aromatic nitrogens is 3. The van der Waals surface area contributed by atoms with E-state index in [-0.39, 0.29) is 11.5 Å². The van der Waals surface area contributed by atoms with Crippen LogP contribution in [0.2, 0.25) is 0 Å². The van der Waals surface area contributed by atoms with Crippen LogP contribution < -0.4 is 10.9 Å². The van der Waals surface area contributed by atoms with E-state index in [1.54, 1.807) is 31.3 Å². The normalized spacial score (nSPS) is 14.4. The molecule has 3 aromatic heterocycles. The van der Waals surface area contributed by atoms with Crippen molar-refractivity contribution >= 4 is 28.2 Å². The summed E-state index contributed by atoms with van der Waals surface area (Å²) in [5.41, 5.74) is 2.44. The summed E-state index contributed by atoms with van der Waals surface area (Å²) in [5.74, 6) is 0.407. The van der Waals surface area contributed by atoms with Crippen molar-refractivity contribution < 1.29 is 9.18 Å². The monoisotopic (exact) mass is 457 g/mol. The van der Waals surface area contributed by atoms with Gasteiger partial charge in [-0.25, -0.2) is 9.37 Å². The van der Waals surface area contributed by atoms with E-state index >= 15 is 0 Å². The standard InChI is InChI=1S/C26H24FN5O2/c1-16(33)32-12-8-18(9-13-32)17-2-4-20(5-3-17)30-25-24-19(6-11-29-26(24)34)14-23(31-25)21-7-10-28-15-22(21)27/h2-7,10-11,14-15,18H,8-9,12-13H2,1H3,(H,29,34)(H,30,31). The molecule has 4 heterocycles. The third kappa shape index (κ3) is 4.26. The highest BCUT2D eigenvalue weighted by atomic mass is 19.1. The molecular weight excluding hydrogens is 433 g/mol. The second-order valence-electron chi connectivity index (χ2n) is 8.51. The number of benzene rings is 1. The van der Waals surface area contributed by atoms with Crippen LogP contribution in [0.1, 0.15) is 31.2 Å². The molecule has 0 saturated carbocycles. The lowest BCUT2D eigenvalue weighted by Gasteiger charge is -2.31. The number of carbonyl (C=O) groups excluding carboxylic acids is 1. The van der Waals surface area contributed by atoms with E-state index in [2.05, 4.69) is 32.4 Å². The van der Waals surface area contributed by atoms with Crippen LogP contribution in [-0.4, -0.2) is 38.8 Å². The molecule has 1 aliphatic rings. The average Bonchev–Trinajstić information content (AvgIpc) is 2.85. The van der Waals surface area contributed by atoms with E-state index in [0.29, 0.717) is 33.8 Å². The lowest BCUT2D eigenvalue weighted by Crippen LogP contribution is -2.36. The number of carbonyl (C=O) groups is 1. The van der Waals surface area contributed by atoms with Crippen LogP contribution in [0.3, 0.4) is 0 Å². The van der Waals surface area contributed by atoms with E-state index in [9.17, 15) is 14.0 Å². The molecule has 7 nitrogen and oxygen atoms in total. The van der Waals surface area contributed by atoms with Crippen LogP contribution >= 0.6 is 0 Å². The number of amides is 1. The van der Waals surface area contributed by atoms with Crippen LogP contribution in [-0.2, 0) is 4.79 Å².